The van der Waals surface area contributed by atoms with Crippen molar-refractivity contribution in [1.29, 1.82) is 0 Å². The Labute approximate surface area is 89.6 Å². The average molecular weight is 263 g/mol. The fourth-order valence-electron chi connectivity index (χ4n) is 0.712. The second-order valence-corrected chi connectivity index (χ2v) is 3.88. The van der Waals surface area contributed by atoms with E-state index in [1.807, 2.05) is 6.92 Å². The first-order chi connectivity index (χ1) is 6.63. The molecule has 1 aromatic heterocycles. The van der Waals surface area contributed by atoms with Gasteiger partial charge < -0.3 is 4.74 Å². The minimum absolute atomic E-state index is 0.191. The van der Waals surface area contributed by atoms with Crippen LogP contribution in [0.2, 0.25) is 0 Å². The number of rotatable bonds is 4. The summed E-state index contributed by atoms with van der Waals surface area (Å²) in [5.74, 6) is 0.0916. The molecule has 1 aromatic rings. The molecule has 0 saturated heterocycles. The Morgan fingerprint density at radius 1 is 1.79 bits per heavy atom. The van der Waals surface area contributed by atoms with Crippen LogP contribution in [0.5, 0.6) is 6.01 Å². The van der Waals surface area contributed by atoms with E-state index in [4.69, 9.17) is 4.74 Å². The number of H-pyrrole nitrogens is 1. The van der Waals surface area contributed by atoms with Gasteiger partial charge in [-0.15, -0.1) is 5.10 Å². The summed E-state index contributed by atoms with van der Waals surface area (Å²) in [5.41, 5.74) is 0. The zero-order chi connectivity index (χ0) is 10.6. The molecule has 0 aliphatic carbocycles. The smallest absolute Gasteiger partial charge is 0.337 e. The van der Waals surface area contributed by atoms with Crippen molar-refractivity contribution in [3.05, 3.63) is 0 Å². The predicted octanol–water partition coefficient (Wildman–Crippen LogP) is 0.925. The molecule has 6 nitrogen and oxygen atoms in total. The van der Waals surface area contributed by atoms with Crippen molar-refractivity contribution in [2.24, 2.45) is 0 Å². The Morgan fingerprint density at radius 3 is 3.07 bits per heavy atom. The van der Waals surface area contributed by atoms with Gasteiger partial charge in [0, 0.05) is 0 Å². The summed E-state index contributed by atoms with van der Waals surface area (Å²) < 4.78 is 5.01. The molecule has 1 amide bonds. The van der Waals surface area contributed by atoms with E-state index in [0.717, 1.165) is 0 Å². The van der Waals surface area contributed by atoms with Crippen LogP contribution in [-0.4, -0.2) is 32.5 Å². The molecule has 0 saturated carbocycles. The predicted molar refractivity (Wildman–Crippen MR) is 54.6 cm³/mol. The number of ether oxygens (including phenoxy) is 1. The van der Waals surface area contributed by atoms with Gasteiger partial charge in [-0.25, -0.2) is 5.10 Å². The van der Waals surface area contributed by atoms with Crippen LogP contribution in [0.25, 0.3) is 0 Å². The van der Waals surface area contributed by atoms with Crippen LogP contribution in [0.3, 0.4) is 0 Å². The zero-order valence-corrected chi connectivity index (χ0v) is 9.46. The van der Waals surface area contributed by atoms with Crippen molar-refractivity contribution in [3.63, 3.8) is 0 Å². The lowest BCUT2D eigenvalue weighted by atomic mass is 10.4. The van der Waals surface area contributed by atoms with Crippen molar-refractivity contribution < 1.29 is 9.53 Å². The third-order valence-electron chi connectivity index (χ3n) is 1.34. The van der Waals surface area contributed by atoms with Crippen LogP contribution in [0, 0.1) is 0 Å². The van der Waals surface area contributed by atoms with Crippen molar-refractivity contribution in [3.8, 4) is 6.01 Å². The van der Waals surface area contributed by atoms with Gasteiger partial charge in [-0.3, -0.25) is 10.1 Å². The number of nitrogens with zero attached hydrogens (tertiary/aromatic N) is 2. The minimum atomic E-state index is -0.275. The fraction of sp³-hybridized carbons (Fsp3) is 0.571. The molecule has 0 spiro atoms. The standard InChI is InChI=1S/C7H11BrN4O2/c1-3-14-7-10-6(11-12-7)9-5(13)4(2)8/h4H,3H2,1-2H3,(H2,9,10,11,12,13). The topological polar surface area (TPSA) is 79.9 Å². The number of nitrogens with one attached hydrogen (secondary N) is 2. The Balaban J connectivity index is 2.55. The van der Waals surface area contributed by atoms with Gasteiger partial charge in [0.15, 0.2) is 0 Å². The Morgan fingerprint density at radius 2 is 2.50 bits per heavy atom. The highest BCUT2D eigenvalue weighted by Crippen LogP contribution is 2.07. The number of hydrogen-bond donors (Lipinski definition) is 2. The molecule has 14 heavy (non-hydrogen) atoms. The zero-order valence-electron chi connectivity index (χ0n) is 7.87. The molecular weight excluding hydrogens is 252 g/mol. The third-order valence-corrected chi connectivity index (χ3v) is 1.76. The molecule has 78 valence electrons. The maximum Gasteiger partial charge on any atom is 0.337 e. The maximum atomic E-state index is 11.2. The first kappa shape index (κ1) is 11.0. The number of alkyl halides is 1. The summed E-state index contributed by atoms with van der Waals surface area (Å²) in [6, 6.07) is 0.227. The largest absolute Gasteiger partial charge is 0.463 e. The molecule has 0 fully saturated rings. The van der Waals surface area contributed by atoms with E-state index in [1.165, 1.54) is 0 Å². The van der Waals surface area contributed by atoms with E-state index in [2.05, 4.69) is 36.4 Å². The van der Waals surface area contributed by atoms with Crippen LogP contribution in [0.4, 0.5) is 5.95 Å². The van der Waals surface area contributed by atoms with Gasteiger partial charge >= 0.3 is 6.01 Å². The van der Waals surface area contributed by atoms with E-state index in [0.29, 0.717) is 6.61 Å². The summed E-state index contributed by atoms with van der Waals surface area (Å²) in [5, 5.41) is 8.79. The lowest BCUT2D eigenvalue weighted by molar-refractivity contribution is -0.115. The molecule has 0 aliphatic rings. The number of carbonyl (C=O) groups excluding carboxylic acids is 1. The van der Waals surface area contributed by atoms with Gasteiger partial charge in [-0.2, -0.15) is 4.98 Å². The van der Waals surface area contributed by atoms with Crippen LogP contribution < -0.4 is 10.1 Å². The molecule has 1 heterocycles. The monoisotopic (exact) mass is 262 g/mol. The number of anilines is 1. The van der Waals surface area contributed by atoms with E-state index in [9.17, 15) is 4.79 Å². The van der Waals surface area contributed by atoms with Crippen molar-refractivity contribution in [1.82, 2.24) is 15.2 Å². The first-order valence-electron chi connectivity index (χ1n) is 4.13. The lowest BCUT2D eigenvalue weighted by Gasteiger charge is -2.01. The molecule has 1 unspecified atom stereocenters. The van der Waals surface area contributed by atoms with Gasteiger partial charge in [0.25, 0.3) is 0 Å². The van der Waals surface area contributed by atoms with Crippen LogP contribution >= 0.6 is 15.9 Å². The molecule has 7 heteroatoms. The summed E-state index contributed by atoms with van der Waals surface area (Å²) in [4.78, 5) is 14.8. The van der Waals surface area contributed by atoms with Gasteiger partial charge in [0.05, 0.1) is 11.4 Å². The van der Waals surface area contributed by atoms with Gasteiger partial charge in [-0.1, -0.05) is 15.9 Å². The summed E-state index contributed by atoms with van der Waals surface area (Å²) in [7, 11) is 0. The van der Waals surface area contributed by atoms with Crippen molar-refractivity contribution in [2.75, 3.05) is 11.9 Å². The number of aromatic nitrogens is 3. The molecule has 2 N–H and O–H groups in total. The van der Waals surface area contributed by atoms with E-state index in [1.54, 1.807) is 6.92 Å². The highest BCUT2D eigenvalue weighted by Gasteiger charge is 2.11. The molecule has 1 rings (SSSR count). The normalized spacial score (nSPS) is 12.2. The van der Waals surface area contributed by atoms with Gasteiger partial charge in [-0.05, 0) is 13.8 Å². The minimum Gasteiger partial charge on any atom is -0.463 e. The van der Waals surface area contributed by atoms with Crippen LogP contribution in [0.15, 0.2) is 0 Å². The molecule has 0 radical (unpaired) electrons. The number of amides is 1. The number of halogens is 1. The van der Waals surface area contributed by atoms with Gasteiger partial charge in [0.1, 0.15) is 0 Å². The molecule has 0 bridgehead atoms. The van der Waals surface area contributed by atoms with Gasteiger partial charge in [0.2, 0.25) is 11.9 Å². The Kier molecular flexibility index (Phi) is 3.87. The summed E-state index contributed by atoms with van der Waals surface area (Å²) in [6.07, 6.45) is 0. The Bertz CT molecular complexity index is 312. The lowest BCUT2D eigenvalue weighted by Crippen LogP contribution is -2.20. The number of hydrogen-bond acceptors (Lipinski definition) is 4. The Hall–Kier alpha value is -1.11. The number of aromatic amines is 1. The highest BCUT2D eigenvalue weighted by molar-refractivity contribution is 9.10. The number of carbonyl (C=O) groups is 1. The quantitative estimate of drug-likeness (QED) is 0.792. The van der Waals surface area contributed by atoms with Crippen LogP contribution in [0.1, 0.15) is 13.8 Å². The first-order valence-corrected chi connectivity index (χ1v) is 5.05. The maximum absolute atomic E-state index is 11.2. The molecule has 0 aliphatic heterocycles. The molecule has 0 aromatic carbocycles. The van der Waals surface area contributed by atoms with Crippen LogP contribution in [-0.2, 0) is 4.79 Å². The van der Waals surface area contributed by atoms with E-state index in [-0.39, 0.29) is 22.7 Å². The average Bonchev–Trinajstić information content (AvgIpc) is 2.53. The van der Waals surface area contributed by atoms with E-state index >= 15 is 0 Å². The second-order valence-electron chi connectivity index (χ2n) is 2.50. The molecular formula is C7H11BrN4O2. The van der Waals surface area contributed by atoms with E-state index < -0.39 is 0 Å². The molecule has 1 atom stereocenters. The van der Waals surface area contributed by atoms with Crippen molar-refractivity contribution in [2.45, 2.75) is 18.7 Å². The SMILES string of the molecule is CCOc1n[nH]c(NC(=O)C(C)Br)n1. The summed E-state index contributed by atoms with van der Waals surface area (Å²) in [6.45, 7) is 4.03. The summed E-state index contributed by atoms with van der Waals surface area (Å²) >= 11 is 3.13. The third kappa shape index (κ3) is 2.99. The second kappa shape index (κ2) is 4.94. The highest BCUT2D eigenvalue weighted by atomic mass is 79.9. The fourth-order valence-corrected chi connectivity index (χ4v) is 0.827. The van der Waals surface area contributed by atoms with Crippen molar-refractivity contribution >= 4 is 27.8 Å².